The molecule has 0 spiro atoms. The van der Waals surface area contributed by atoms with E-state index in [1.807, 2.05) is 18.5 Å². The highest BCUT2D eigenvalue weighted by atomic mass is 15.3. The zero-order valence-electron chi connectivity index (χ0n) is 12.7. The first-order chi connectivity index (χ1) is 9.77. The minimum absolute atomic E-state index is 0.268. The molecule has 1 saturated carbocycles. The Morgan fingerprint density at radius 2 is 1.95 bits per heavy atom. The standard InChI is InChI=1S/C16H26N4/c1-3-16(4-2)12-19-14(13-6-7-13)10-20(16)11-15-17-8-5-9-18-15/h5,8-9,13-14,19H,3-4,6-7,10-12H2,1-2H3. The van der Waals surface area contributed by atoms with Gasteiger partial charge in [-0.05, 0) is 37.7 Å². The minimum atomic E-state index is 0.268. The van der Waals surface area contributed by atoms with Gasteiger partial charge >= 0.3 is 0 Å². The summed E-state index contributed by atoms with van der Waals surface area (Å²) < 4.78 is 0. The molecule has 0 radical (unpaired) electrons. The van der Waals surface area contributed by atoms with Crippen LogP contribution in [0.5, 0.6) is 0 Å². The average Bonchev–Trinajstić information content (AvgIpc) is 3.33. The third-order valence-electron chi connectivity index (χ3n) is 5.24. The molecule has 2 fully saturated rings. The molecule has 0 bridgehead atoms. The lowest BCUT2D eigenvalue weighted by Gasteiger charge is -2.49. The average molecular weight is 274 g/mol. The zero-order valence-corrected chi connectivity index (χ0v) is 12.7. The molecular weight excluding hydrogens is 248 g/mol. The van der Waals surface area contributed by atoms with Gasteiger partial charge in [0.2, 0.25) is 0 Å². The maximum atomic E-state index is 4.42. The van der Waals surface area contributed by atoms with E-state index in [4.69, 9.17) is 0 Å². The predicted octanol–water partition coefficient (Wildman–Crippen LogP) is 2.22. The SMILES string of the molecule is CCC1(CC)CNC(C2CC2)CN1Cc1ncccn1. The fraction of sp³-hybridized carbons (Fsp3) is 0.750. The summed E-state index contributed by atoms with van der Waals surface area (Å²) in [6, 6.07) is 2.56. The fourth-order valence-electron chi connectivity index (χ4n) is 3.50. The summed E-state index contributed by atoms with van der Waals surface area (Å²) in [5, 5.41) is 3.81. The topological polar surface area (TPSA) is 41.0 Å². The van der Waals surface area contributed by atoms with Gasteiger partial charge in [0.1, 0.15) is 5.82 Å². The molecule has 1 aliphatic heterocycles. The highest BCUT2D eigenvalue weighted by Crippen LogP contribution is 2.37. The number of aromatic nitrogens is 2. The van der Waals surface area contributed by atoms with E-state index in [1.54, 1.807) is 0 Å². The Bertz CT molecular complexity index is 425. The van der Waals surface area contributed by atoms with E-state index in [2.05, 4.69) is 34.0 Å². The van der Waals surface area contributed by atoms with Crippen LogP contribution in [0.2, 0.25) is 0 Å². The highest BCUT2D eigenvalue weighted by molar-refractivity contribution is 5.03. The number of nitrogens with one attached hydrogen (secondary N) is 1. The molecule has 2 aliphatic rings. The van der Waals surface area contributed by atoms with Crippen LogP contribution in [-0.4, -0.2) is 39.5 Å². The second-order valence-electron chi connectivity index (χ2n) is 6.30. The van der Waals surface area contributed by atoms with E-state index in [0.29, 0.717) is 6.04 Å². The first kappa shape index (κ1) is 14.0. The van der Waals surface area contributed by atoms with Crippen LogP contribution < -0.4 is 5.32 Å². The van der Waals surface area contributed by atoms with Gasteiger partial charge in [-0.2, -0.15) is 0 Å². The van der Waals surface area contributed by atoms with Gasteiger partial charge in [0.15, 0.2) is 0 Å². The third-order valence-corrected chi connectivity index (χ3v) is 5.24. The van der Waals surface area contributed by atoms with Crippen molar-refractivity contribution in [3.8, 4) is 0 Å². The molecule has 1 atom stereocenters. The van der Waals surface area contributed by atoms with Crippen molar-refractivity contribution in [3.05, 3.63) is 24.3 Å². The van der Waals surface area contributed by atoms with Crippen molar-refractivity contribution >= 4 is 0 Å². The normalized spacial score (nSPS) is 26.6. The summed E-state index contributed by atoms with van der Waals surface area (Å²) in [5.41, 5.74) is 0.268. The van der Waals surface area contributed by atoms with Crippen molar-refractivity contribution in [2.75, 3.05) is 13.1 Å². The Morgan fingerprint density at radius 1 is 1.25 bits per heavy atom. The lowest BCUT2D eigenvalue weighted by Crippen LogP contribution is -2.64. The van der Waals surface area contributed by atoms with Gasteiger partial charge < -0.3 is 5.32 Å². The van der Waals surface area contributed by atoms with Gasteiger partial charge in [-0.15, -0.1) is 0 Å². The van der Waals surface area contributed by atoms with Gasteiger partial charge in [-0.1, -0.05) is 13.8 Å². The molecule has 0 amide bonds. The molecule has 1 aromatic rings. The molecule has 4 heteroatoms. The Morgan fingerprint density at radius 3 is 2.55 bits per heavy atom. The smallest absolute Gasteiger partial charge is 0.142 e. The Kier molecular flexibility index (Phi) is 4.03. The summed E-state index contributed by atoms with van der Waals surface area (Å²) in [7, 11) is 0. The first-order valence-corrected chi connectivity index (χ1v) is 8.02. The van der Waals surface area contributed by atoms with Crippen molar-refractivity contribution < 1.29 is 0 Å². The lowest BCUT2D eigenvalue weighted by atomic mass is 9.86. The summed E-state index contributed by atoms with van der Waals surface area (Å²) in [4.78, 5) is 11.5. The third kappa shape index (κ3) is 2.72. The largest absolute Gasteiger partial charge is 0.311 e. The van der Waals surface area contributed by atoms with Gasteiger partial charge in [-0.25, -0.2) is 9.97 Å². The van der Waals surface area contributed by atoms with E-state index >= 15 is 0 Å². The molecule has 2 heterocycles. The zero-order chi connectivity index (χ0) is 14.0. The number of piperazine rings is 1. The molecule has 4 nitrogen and oxygen atoms in total. The molecule has 0 aromatic carbocycles. The molecule has 1 aromatic heterocycles. The van der Waals surface area contributed by atoms with Crippen LogP contribution in [0.3, 0.4) is 0 Å². The number of rotatable bonds is 5. The van der Waals surface area contributed by atoms with Crippen LogP contribution >= 0.6 is 0 Å². The van der Waals surface area contributed by atoms with Gasteiger partial charge in [0, 0.05) is 37.1 Å². The van der Waals surface area contributed by atoms with Crippen LogP contribution in [0.1, 0.15) is 45.4 Å². The fourth-order valence-corrected chi connectivity index (χ4v) is 3.50. The van der Waals surface area contributed by atoms with Gasteiger partial charge in [0.25, 0.3) is 0 Å². The first-order valence-electron chi connectivity index (χ1n) is 8.02. The lowest BCUT2D eigenvalue weighted by molar-refractivity contribution is 0.0182. The van der Waals surface area contributed by atoms with Crippen molar-refractivity contribution in [1.82, 2.24) is 20.2 Å². The summed E-state index contributed by atoms with van der Waals surface area (Å²) in [6.07, 6.45) is 8.86. The second-order valence-corrected chi connectivity index (χ2v) is 6.30. The molecule has 110 valence electrons. The quantitative estimate of drug-likeness (QED) is 0.894. The van der Waals surface area contributed by atoms with E-state index < -0.39 is 0 Å². The van der Waals surface area contributed by atoms with E-state index in [9.17, 15) is 0 Å². The Labute approximate surface area is 122 Å². The maximum Gasteiger partial charge on any atom is 0.142 e. The Hall–Kier alpha value is -1.00. The van der Waals surface area contributed by atoms with E-state index in [1.165, 1.54) is 25.7 Å². The van der Waals surface area contributed by atoms with Crippen molar-refractivity contribution in [3.63, 3.8) is 0 Å². The predicted molar refractivity (Wildman–Crippen MR) is 80.3 cm³/mol. The molecule has 20 heavy (non-hydrogen) atoms. The molecule has 1 saturated heterocycles. The summed E-state index contributed by atoms with van der Waals surface area (Å²) >= 11 is 0. The molecule has 1 unspecified atom stereocenters. The van der Waals surface area contributed by atoms with Gasteiger partial charge in [-0.3, -0.25) is 4.90 Å². The van der Waals surface area contributed by atoms with Crippen LogP contribution in [0.4, 0.5) is 0 Å². The van der Waals surface area contributed by atoms with Crippen LogP contribution in [0.15, 0.2) is 18.5 Å². The molecular formula is C16H26N4. The minimum Gasteiger partial charge on any atom is -0.311 e. The summed E-state index contributed by atoms with van der Waals surface area (Å²) in [5.74, 6) is 1.86. The van der Waals surface area contributed by atoms with Crippen molar-refractivity contribution in [2.24, 2.45) is 5.92 Å². The van der Waals surface area contributed by atoms with Crippen LogP contribution in [0.25, 0.3) is 0 Å². The number of hydrogen-bond donors (Lipinski definition) is 1. The van der Waals surface area contributed by atoms with Gasteiger partial charge in [0.05, 0.1) is 6.54 Å². The highest BCUT2D eigenvalue weighted by Gasteiger charge is 2.43. The number of hydrogen-bond acceptors (Lipinski definition) is 4. The summed E-state index contributed by atoms with van der Waals surface area (Å²) in [6.45, 7) is 7.75. The maximum absolute atomic E-state index is 4.42. The molecule has 1 aliphatic carbocycles. The van der Waals surface area contributed by atoms with E-state index in [0.717, 1.165) is 31.4 Å². The van der Waals surface area contributed by atoms with Crippen molar-refractivity contribution in [1.29, 1.82) is 0 Å². The second kappa shape index (κ2) is 5.78. The molecule has 3 rings (SSSR count). The van der Waals surface area contributed by atoms with Crippen LogP contribution in [0, 0.1) is 5.92 Å². The molecule has 1 N–H and O–H groups in total. The van der Waals surface area contributed by atoms with Crippen LogP contribution in [-0.2, 0) is 6.54 Å². The number of nitrogens with zero attached hydrogens (tertiary/aromatic N) is 3. The monoisotopic (exact) mass is 274 g/mol. The van der Waals surface area contributed by atoms with Crippen molar-refractivity contribution in [2.45, 2.75) is 57.7 Å². The van der Waals surface area contributed by atoms with E-state index in [-0.39, 0.29) is 5.54 Å². The Balaban J connectivity index is 1.76.